The van der Waals surface area contributed by atoms with Gasteiger partial charge in [-0.25, -0.2) is 8.42 Å². The second-order valence-corrected chi connectivity index (χ2v) is 8.38. The molecule has 1 aliphatic heterocycles. The molecule has 118 valence electrons. The van der Waals surface area contributed by atoms with Crippen molar-refractivity contribution in [2.75, 3.05) is 18.6 Å². The minimum Gasteiger partial charge on any atom is -0.326 e. The Morgan fingerprint density at radius 1 is 1.43 bits per heavy atom. The van der Waals surface area contributed by atoms with Gasteiger partial charge in [0.05, 0.1) is 11.5 Å². The summed E-state index contributed by atoms with van der Waals surface area (Å²) in [6, 6.07) is 8.48. The predicted molar refractivity (Wildman–Crippen MR) is 87.0 cm³/mol. The average molecular weight is 310 g/mol. The van der Waals surface area contributed by atoms with E-state index in [9.17, 15) is 8.42 Å². The standard InChI is InChI=1S/C16H26N2O2S/c1-4-15(17)16(13-7-5-6-12(2)10-13)18(3)14-8-9-21(19,20)11-14/h5-7,10,14-16H,4,8-9,11,17H2,1-3H3. The highest BCUT2D eigenvalue weighted by Crippen LogP contribution is 2.30. The van der Waals surface area contributed by atoms with Gasteiger partial charge in [0.25, 0.3) is 0 Å². The molecule has 2 rings (SSSR count). The van der Waals surface area contributed by atoms with Crippen molar-refractivity contribution in [3.8, 4) is 0 Å². The van der Waals surface area contributed by atoms with Crippen LogP contribution in [0.1, 0.15) is 36.9 Å². The molecule has 0 spiro atoms. The summed E-state index contributed by atoms with van der Waals surface area (Å²) in [4.78, 5) is 2.17. The summed E-state index contributed by atoms with van der Waals surface area (Å²) in [7, 11) is -0.871. The molecule has 2 N–H and O–H groups in total. The van der Waals surface area contributed by atoms with Crippen LogP contribution in [0.25, 0.3) is 0 Å². The van der Waals surface area contributed by atoms with Crippen LogP contribution in [0.2, 0.25) is 0 Å². The first-order chi connectivity index (χ1) is 9.84. The smallest absolute Gasteiger partial charge is 0.151 e. The number of aryl methyl sites for hydroxylation is 1. The van der Waals surface area contributed by atoms with Crippen molar-refractivity contribution in [3.63, 3.8) is 0 Å². The molecular weight excluding hydrogens is 284 g/mol. The molecule has 1 aromatic rings. The van der Waals surface area contributed by atoms with E-state index < -0.39 is 9.84 Å². The maximum atomic E-state index is 11.7. The van der Waals surface area contributed by atoms with E-state index in [4.69, 9.17) is 5.73 Å². The number of sulfone groups is 1. The molecule has 0 aromatic heterocycles. The second-order valence-electron chi connectivity index (χ2n) is 6.15. The lowest BCUT2D eigenvalue weighted by molar-refractivity contribution is 0.161. The molecule has 3 unspecified atom stereocenters. The first-order valence-corrected chi connectivity index (χ1v) is 9.40. The molecule has 1 aromatic carbocycles. The van der Waals surface area contributed by atoms with Crippen LogP contribution in [-0.4, -0.2) is 44.0 Å². The van der Waals surface area contributed by atoms with Gasteiger partial charge in [0.1, 0.15) is 0 Å². The van der Waals surface area contributed by atoms with Crippen LogP contribution in [0.3, 0.4) is 0 Å². The molecule has 1 saturated heterocycles. The minimum atomic E-state index is -2.88. The summed E-state index contributed by atoms with van der Waals surface area (Å²) in [5, 5.41) is 0. The van der Waals surface area contributed by atoms with E-state index in [0.29, 0.717) is 12.2 Å². The summed E-state index contributed by atoms with van der Waals surface area (Å²) in [5.74, 6) is 0.548. The molecule has 0 saturated carbocycles. The van der Waals surface area contributed by atoms with E-state index in [-0.39, 0.29) is 23.9 Å². The van der Waals surface area contributed by atoms with Crippen LogP contribution in [0, 0.1) is 6.92 Å². The Morgan fingerprint density at radius 3 is 2.67 bits per heavy atom. The Balaban J connectivity index is 2.28. The molecule has 0 bridgehead atoms. The monoisotopic (exact) mass is 310 g/mol. The molecule has 0 aliphatic carbocycles. The van der Waals surface area contributed by atoms with Crippen molar-refractivity contribution >= 4 is 9.84 Å². The van der Waals surface area contributed by atoms with Crippen LogP contribution in [-0.2, 0) is 9.84 Å². The number of nitrogens with two attached hydrogens (primary N) is 1. The number of hydrogen-bond acceptors (Lipinski definition) is 4. The van der Waals surface area contributed by atoms with E-state index in [1.54, 1.807) is 0 Å². The lowest BCUT2D eigenvalue weighted by Gasteiger charge is -2.36. The number of hydrogen-bond donors (Lipinski definition) is 1. The maximum absolute atomic E-state index is 11.7. The van der Waals surface area contributed by atoms with E-state index in [2.05, 4.69) is 36.9 Å². The minimum absolute atomic E-state index is 0.0000964. The Hall–Kier alpha value is -0.910. The average Bonchev–Trinajstić information content (AvgIpc) is 2.79. The number of benzene rings is 1. The van der Waals surface area contributed by atoms with Gasteiger partial charge in [0.15, 0.2) is 9.84 Å². The van der Waals surface area contributed by atoms with Crippen molar-refractivity contribution in [2.45, 2.75) is 44.8 Å². The van der Waals surface area contributed by atoms with Crippen LogP contribution >= 0.6 is 0 Å². The molecule has 1 heterocycles. The van der Waals surface area contributed by atoms with Gasteiger partial charge >= 0.3 is 0 Å². The first-order valence-electron chi connectivity index (χ1n) is 7.58. The van der Waals surface area contributed by atoms with Crippen LogP contribution in [0.4, 0.5) is 0 Å². The lowest BCUT2D eigenvalue weighted by atomic mass is 9.94. The van der Waals surface area contributed by atoms with Crippen molar-refractivity contribution < 1.29 is 8.42 Å². The molecule has 0 radical (unpaired) electrons. The fourth-order valence-corrected chi connectivity index (χ4v) is 4.97. The Morgan fingerprint density at radius 2 is 2.14 bits per heavy atom. The fourth-order valence-electron chi connectivity index (χ4n) is 3.19. The summed E-state index contributed by atoms with van der Waals surface area (Å²) < 4.78 is 23.5. The zero-order chi connectivity index (χ0) is 15.6. The second kappa shape index (κ2) is 6.46. The van der Waals surface area contributed by atoms with Crippen molar-refractivity contribution in [1.29, 1.82) is 0 Å². The summed E-state index contributed by atoms with van der Waals surface area (Å²) >= 11 is 0. The highest BCUT2D eigenvalue weighted by molar-refractivity contribution is 7.91. The van der Waals surface area contributed by atoms with Gasteiger partial charge in [-0.15, -0.1) is 0 Å². The lowest BCUT2D eigenvalue weighted by Crippen LogP contribution is -2.44. The summed E-state index contributed by atoms with van der Waals surface area (Å²) in [6.45, 7) is 4.14. The molecular formula is C16H26N2O2S. The quantitative estimate of drug-likeness (QED) is 0.902. The van der Waals surface area contributed by atoms with Crippen molar-refractivity contribution in [2.24, 2.45) is 5.73 Å². The zero-order valence-corrected chi connectivity index (χ0v) is 13.9. The third-order valence-electron chi connectivity index (χ3n) is 4.48. The Bertz CT molecular complexity index is 586. The predicted octanol–water partition coefficient (Wildman–Crippen LogP) is 1.89. The SMILES string of the molecule is CCC(N)C(c1cccc(C)c1)N(C)C1CCS(=O)(=O)C1. The van der Waals surface area contributed by atoms with E-state index in [1.807, 2.05) is 13.1 Å². The highest BCUT2D eigenvalue weighted by atomic mass is 32.2. The molecule has 3 atom stereocenters. The van der Waals surface area contributed by atoms with Gasteiger partial charge in [-0.3, -0.25) is 4.90 Å². The maximum Gasteiger partial charge on any atom is 0.151 e. The van der Waals surface area contributed by atoms with Crippen molar-refractivity contribution in [3.05, 3.63) is 35.4 Å². The highest BCUT2D eigenvalue weighted by Gasteiger charge is 2.35. The van der Waals surface area contributed by atoms with Crippen LogP contribution in [0.15, 0.2) is 24.3 Å². The first kappa shape index (κ1) is 16.5. The Kier molecular flexibility index (Phi) is 5.07. The van der Waals surface area contributed by atoms with Gasteiger partial charge in [-0.2, -0.15) is 0 Å². The molecule has 4 nitrogen and oxygen atoms in total. The summed E-state index contributed by atoms with van der Waals surface area (Å²) in [5.41, 5.74) is 8.72. The fraction of sp³-hybridized carbons (Fsp3) is 0.625. The molecule has 21 heavy (non-hydrogen) atoms. The third kappa shape index (κ3) is 3.84. The molecule has 5 heteroatoms. The van der Waals surface area contributed by atoms with Gasteiger partial charge in [0, 0.05) is 18.1 Å². The molecule has 1 aliphatic rings. The van der Waals surface area contributed by atoms with Gasteiger partial charge in [-0.1, -0.05) is 36.8 Å². The zero-order valence-electron chi connectivity index (χ0n) is 13.1. The normalized spacial score (nSPS) is 24.1. The van der Waals surface area contributed by atoms with E-state index in [0.717, 1.165) is 6.42 Å². The number of rotatable bonds is 5. The largest absolute Gasteiger partial charge is 0.326 e. The van der Waals surface area contributed by atoms with Gasteiger partial charge in [-0.05, 0) is 32.4 Å². The van der Waals surface area contributed by atoms with Crippen LogP contribution in [0.5, 0.6) is 0 Å². The molecule has 1 fully saturated rings. The van der Waals surface area contributed by atoms with Crippen LogP contribution < -0.4 is 5.73 Å². The topological polar surface area (TPSA) is 63.4 Å². The number of likely N-dealkylation sites (N-methyl/N-ethyl adjacent to an activating group) is 1. The number of nitrogens with zero attached hydrogens (tertiary/aromatic N) is 1. The Labute approximate surface area is 128 Å². The third-order valence-corrected chi connectivity index (χ3v) is 6.23. The van der Waals surface area contributed by atoms with E-state index >= 15 is 0 Å². The van der Waals surface area contributed by atoms with E-state index in [1.165, 1.54) is 11.1 Å². The van der Waals surface area contributed by atoms with Gasteiger partial charge < -0.3 is 5.73 Å². The molecule has 0 amide bonds. The van der Waals surface area contributed by atoms with Crippen molar-refractivity contribution in [1.82, 2.24) is 4.90 Å². The summed E-state index contributed by atoms with van der Waals surface area (Å²) in [6.07, 6.45) is 1.57. The van der Waals surface area contributed by atoms with Gasteiger partial charge in [0.2, 0.25) is 0 Å².